The molecule has 1 aromatic carbocycles. The van der Waals surface area contributed by atoms with E-state index in [1.165, 1.54) is 30.5 Å². The van der Waals surface area contributed by atoms with Gasteiger partial charge in [0.1, 0.15) is 97.7 Å². The summed E-state index contributed by atoms with van der Waals surface area (Å²) in [6, 6.07) is -6.20. The number of anilines is 2. The first-order valence-corrected chi connectivity index (χ1v) is 33.6. The highest BCUT2D eigenvalue weighted by atomic mass is 16.4. The van der Waals surface area contributed by atoms with Crippen LogP contribution in [0.4, 0.5) is 11.6 Å². The summed E-state index contributed by atoms with van der Waals surface area (Å²) >= 11 is 0. The molecule has 0 saturated carbocycles. The molecule has 1 unspecified atom stereocenters. The van der Waals surface area contributed by atoms with Gasteiger partial charge in [0.05, 0.1) is 62.6 Å². The fraction of sp³-hybridized carbons (Fsp3) is 0.613. The number of H-pyrrole nitrogens is 1. The average molecular weight is 1560 g/mol. The van der Waals surface area contributed by atoms with Crippen LogP contribution in [-0.4, -0.2) is 344 Å². The lowest BCUT2D eigenvalue weighted by atomic mass is 10.0. The van der Waals surface area contributed by atoms with Crippen LogP contribution in [0.5, 0.6) is 0 Å². The zero-order valence-electron chi connectivity index (χ0n) is 58.1. The number of aliphatic carboxylic acids is 3. The van der Waals surface area contributed by atoms with E-state index in [4.69, 9.17) is 21.1 Å². The zero-order valence-corrected chi connectivity index (χ0v) is 58.1. The molecule has 0 spiro atoms. The molecule has 0 aliphatic heterocycles. The van der Waals surface area contributed by atoms with Crippen LogP contribution in [0.1, 0.15) is 93.1 Å². The number of nitrogen functional groups attached to an aromatic ring is 1. The highest BCUT2D eigenvalue weighted by molar-refractivity contribution is 5.98. The number of hydrogen-bond donors (Lipinski definition) is 31. The lowest BCUT2D eigenvalue weighted by molar-refractivity contribution is -0.140. The van der Waals surface area contributed by atoms with Crippen molar-refractivity contribution >= 4 is 94.3 Å². The molecule has 8 amide bonds. The topological polar surface area (TPSA) is 807 Å². The fourth-order valence-electron chi connectivity index (χ4n) is 9.83. The highest BCUT2D eigenvalue weighted by Crippen LogP contribution is 2.16. The normalized spacial score (nSPS) is 16.7. The first kappa shape index (κ1) is 93.4. The average Bonchev–Trinajstić information content (AvgIpc) is 0.812. The lowest BCUT2D eigenvalue weighted by Gasteiger charge is -2.28. The van der Waals surface area contributed by atoms with Crippen LogP contribution in [-0.2, 0) is 59.3 Å². The van der Waals surface area contributed by atoms with Crippen LogP contribution < -0.4 is 64.5 Å². The SMILES string of the molecule is Nc1nc2ncc(CNc3ccc(C(=O)N[C@@H](CCC(=O)N[C@@H](CCC(=O)NC[C@H](O)[C@@H](O)[C@H](O)[C@H](O)CO)C(=O)N[C@H](CCC(=O)O)C(=O)N[C@@H](CCC(O)NC[C@H](O)[C@@H](O)[C@H](O)[C@H](O)CO)C(=O)N[C@H](CCC(=O)O)C(=O)N[C@H](C=O)CCC(=O)NC[C@H](O)[C@@H](O)[C@H](O)[C@H](O)CO)C(=O)O)cc3)nc2c(=O)[nH]1. The third-order valence-electron chi connectivity index (χ3n) is 16.3. The van der Waals surface area contributed by atoms with E-state index < -0.39 is 303 Å². The Morgan fingerprint density at radius 3 is 1.34 bits per heavy atom. The minimum atomic E-state index is -2.17. The van der Waals surface area contributed by atoms with Crippen LogP contribution in [0.2, 0.25) is 0 Å². The Bertz CT molecular complexity index is 3550. The van der Waals surface area contributed by atoms with Gasteiger partial charge in [-0.15, -0.1) is 0 Å². The van der Waals surface area contributed by atoms with Gasteiger partial charge in [-0.05, 0) is 69.2 Å². The molecule has 32 N–H and O–H groups in total. The molecular formula is C62H95N15O32. The molecule has 2 aromatic heterocycles. The molecule has 47 nitrogen and oxygen atoms in total. The Morgan fingerprint density at radius 1 is 0.468 bits per heavy atom. The molecule has 0 radical (unpaired) electrons. The van der Waals surface area contributed by atoms with Gasteiger partial charge in [0.25, 0.3) is 11.5 Å². The number of amides is 8. The summed E-state index contributed by atoms with van der Waals surface area (Å²) < 4.78 is 0. The molecule has 3 rings (SSSR count). The summed E-state index contributed by atoms with van der Waals surface area (Å²) in [4.78, 5) is 186. The van der Waals surface area contributed by atoms with Crippen LogP contribution >= 0.6 is 0 Å². The maximum atomic E-state index is 14.5. The van der Waals surface area contributed by atoms with Gasteiger partial charge in [0, 0.05) is 63.0 Å². The number of fused-ring (bicyclic) bond motifs is 1. The van der Waals surface area contributed by atoms with E-state index in [1.807, 2.05) is 0 Å². The molecule has 0 saturated heterocycles. The monoisotopic (exact) mass is 1560 g/mol. The molecule has 0 aliphatic carbocycles. The number of nitrogens with zero attached hydrogens (tertiary/aromatic N) is 3. The molecule has 2 heterocycles. The summed E-state index contributed by atoms with van der Waals surface area (Å²) in [6.45, 7) is -5.55. The number of aliphatic hydroxyl groups excluding tert-OH is 16. The third kappa shape index (κ3) is 32.5. The van der Waals surface area contributed by atoms with Crippen LogP contribution in [0.25, 0.3) is 11.2 Å². The first-order chi connectivity index (χ1) is 51.3. The Morgan fingerprint density at radius 2 is 0.881 bits per heavy atom. The maximum absolute atomic E-state index is 14.5. The van der Waals surface area contributed by atoms with Crippen molar-refractivity contribution in [3.63, 3.8) is 0 Å². The largest absolute Gasteiger partial charge is 0.481 e. The second-order valence-corrected chi connectivity index (χ2v) is 24.8. The number of hydrogen-bond acceptors (Lipinski definition) is 35. The molecule has 0 fully saturated rings. The van der Waals surface area contributed by atoms with Crippen molar-refractivity contribution in [1.29, 1.82) is 0 Å². The summed E-state index contributed by atoms with van der Waals surface area (Å²) in [5.41, 5.74) is 5.43. The van der Waals surface area contributed by atoms with E-state index in [-0.39, 0.29) is 35.5 Å². The lowest BCUT2D eigenvalue weighted by Crippen LogP contribution is -2.59. The van der Waals surface area contributed by atoms with Gasteiger partial charge in [-0.1, -0.05) is 0 Å². The number of rotatable bonds is 53. The third-order valence-corrected chi connectivity index (χ3v) is 16.3. The number of aromatic amines is 1. The number of nitrogens with two attached hydrogens (primary N) is 1. The Balaban J connectivity index is 1.96. The van der Waals surface area contributed by atoms with E-state index in [1.54, 1.807) is 0 Å². The van der Waals surface area contributed by atoms with Gasteiger partial charge in [0.2, 0.25) is 47.3 Å². The molecular weight excluding hydrogens is 1470 g/mol. The van der Waals surface area contributed by atoms with E-state index >= 15 is 0 Å². The Kier molecular flexibility index (Phi) is 40.4. The second-order valence-electron chi connectivity index (χ2n) is 24.8. The summed E-state index contributed by atoms with van der Waals surface area (Å²) in [5.74, 6) is -14.8. The molecule has 0 aliphatic rings. The van der Waals surface area contributed by atoms with Crippen LogP contribution in [0.15, 0.2) is 35.3 Å². The number of benzene rings is 1. The zero-order chi connectivity index (χ0) is 81.9. The van der Waals surface area contributed by atoms with Crippen molar-refractivity contribution in [1.82, 2.24) is 67.8 Å². The highest BCUT2D eigenvalue weighted by Gasteiger charge is 2.37. The van der Waals surface area contributed by atoms with Gasteiger partial charge >= 0.3 is 17.9 Å². The van der Waals surface area contributed by atoms with Crippen molar-refractivity contribution in [3.05, 3.63) is 52.1 Å². The molecule has 610 valence electrons. The van der Waals surface area contributed by atoms with Gasteiger partial charge in [-0.25, -0.2) is 14.8 Å². The Labute approximate surface area is 616 Å². The minimum Gasteiger partial charge on any atom is -0.481 e. The maximum Gasteiger partial charge on any atom is 0.326 e. The molecule has 19 atom stereocenters. The number of aliphatic hydroxyl groups is 16. The van der Waals surface area contributed by atoms with E-state index in [9.17, 15) is 144 Å². The molecule has 47 heteroatoms. The van der Waals surface area contributed by atoms with Crippen LogP contribution in [0.3, 0.4) is 0 Å². The number of aromatic nitrogens is 4. The number of carboxylic acid groups (broad SMARTS) is 3. The van der Waals surface area contributed by atoms with E-state index in [0.29, 0.717) is 11.4 Å². The van der Waals surface area contributed by atoms with Gasteiger partial charge in [-0.3, -0.25) is 63.0 Å². The summed E-state index contributed by atoms with van der Waals surface area (Å²) in [5, 5.41) is 211. The number of carbonyl (C=O) groups is 12. The quantitative estimate of drug-likeness (QED) is 0.0184. The number of nitrogens with one attached hydrogen (secondary N) is 11. The summed E-state index contributed by atoms with van der Waals surface area (Å²) in [7, 11) is 0. The smallest absolute Gasteiger partial charge is 0.326 e. The standard InChI is InChI=1S/C62H95N15O32/c63-62-76-54-47(60(107)77-62)69-29(18-68-54)17-64-27-3-1-26(2-4-27)55(102)75-34(61(108)109)8-14-44(91)71-30(6-12-42(89)66-20-36(83)49(97)52(100)39(86)24-80)57(104)74-33(10-16-46(94)95)59(106)72-31(7-13-43(90)67-21-37(84)50(98)53(101)40(87)25-81)58(105)73-32(9-15-45(92)93)56(103)70-28(22-78)5-11-41(88)65-19-35(82)48(96)51(99)38(85)23-79/h1-4,18,22,28,30-40,43,48-53,64,67,79-87,90,96-101H,5-17,19-21,23-25H2,(H,65,88)(H,66,89)(H,70,103)(H,71,91)(H,72,106)(H,73,105)(H,74,104)(H,75,102)(H,92,93)(H,94,95)(H,108,109)(H3,63,68,76,77,107)/t28-,30-,31-,32+,33+,34-,35-,36-,37-,38+,39+,40+,43?,48+,49+,50+,51+,52+,53+/m0/s1. The molecule has 109 heavy (non-hydrogen) atoms. The van der Waals surface area contributed by atoms with Crippen LogP contribution in [0, 0.1) is 0 Å². The number of carboxylic acids is 3. The van der Waals surface area contributed by atoms with Gasteiger partial charge in [-0.2, -0.15) is 4.98 Å². The van der Waals surface area contributed by atoms with Gasteiger partial charge in [0.15, 0.2) is 11.2 Å². The predicted molar refractivity (Wildman–Crippen MR) is 365 cm³/mol. The number of carbonyl (C=O) groups excluding carboxylic acids is 9. The van der Waals surface area contributed by atoms with E-state index in [2.05, 4.69) is 73.1 Å². The Hall–Kier alpha value is -9.80. The number of aldehydes is 1. The summed E-state index contributed by atoms with van der Waals surface area (Å²) in [6.07, 6.45) is -34.3. The molecule has 3 aromatic rings. The van der Waals surface area contributed by atoms with Crippen molar-refractivity contribution < 1.29 is 155 Å². The van der Waals surface area contributed by atoms with Crippen molar-refractivity contribution in [3.8, 4) is 0 Å². The van der Waals surface area contributed by atoms with Crippen molar-refractivity contribution in [2.75, 3.05) is 50.5 Å². The fourth-order valence-corrected chi connectivity index (χ4v) is 9.83. The first-order valence-electron chi connectivity index (χ1n) is 33.6. The van der Waals surface area contributed by atoms with Crippen molar-refractivity contribution in [2.24, 2.45) is 0 Å². The van der Waals surface area contributed by atoms with E-state index in [0.717, 1.165) is 0 Å². The molecule has 0 bridgehead atoms. The minimum absolute atomic E-state index is 0.00676. The predicted octanol–water partition coefficient (Wildman–Crippen LogP) is -14.0. The van der Waals surface area contributed by atoms with Gasteiger partial charge < -0.3 is 155 Å². The van der Waals surface area contributed by atoms with Crippen molar-refractivity contribution in [2.45, 2.75) is 199 Å². The second kappa shape index (κ2) is 47.2.